The van der Waals surface area contributed by atoms with Crippen molar-refractivity contribution in [3.8, 4) is 0 Å². The highest BCUT2D eigenvalue weighted by atomic mass is 16.7. The fourth-order valence-electron chi connectivity index (χ4n) is 3.09. The minimum absolute atomic E-state index is 0.0327. The molecule has 1 aromatic heterocycles. The van der Waals surface area contributed by atoms with Crippen molar-refractivity contribution in [2.75, 3.05) is 13.2 Å². The van der Waals surface area contributed by atoms with Crippen molar-refractivity contribution in [2.45, 2.75) is 57.3 Å². The van der Waals surface area contributed by atoms with Gasteiger partial charge < -0.3 is 14.8 Å². The van der Waals surface area contributed by atoms with Crippen LogP contribution in [0.25, 0.3) is 0 Å². The van der Waals surface area contributed by atoms with Gasteiger partial charge in [-0.3, -0.25) is 9.89 Å². The number of carbonyl (C=O) groups is 1. The number of aryl methyl sites for hydroxylation is 1. The van der Waals surface area contributed by atoms with Gasteiger partial charge in [0, 0.05) is 25.1 Å². The highest BCUT2D eigenvalue weighted by molar-refractivity contribution is 5.78. The number of aromatic amines is 1. The Morgan fingerprint density at radius 3 is 3.00 bits per heavy atom. The maximum atomic E-state index is 11.9. The normalized spacial score (nSPS) is 24.3. The Balaban J connectivity index is 1.42. The second-order valence-electron chi connectivity index (χ2n) is 6.05. The molecule has 2 aliphatic rings. The zero-order valence-electron chi connectivity index (χ0n) is 12.5. The smallest absolute Gasteiger partial charge is 0.226 e. The predicted molar refractivity (Wildman–Crippen MR) is 76.7 cm³/mol. The van der Waals surface area contributed by atoms with Gasteiger partial charge in [0.25, 0.3) is 0 Å². The molecule has 1 spiro atoms. The fraction of sp³-hybridized carbons (Fsp3) is 0.733. The predicted octanol–water partition coefficient (Wildman–Crippen LogP) is 1.45. The Morgan fingerprint density at radius 2 is 2.29 bits per heavy atom. The van der Waals surface area contributed by atoms with Gasteiger partial charge in [0.15, 0.2) is 5.79 Å². The monoisotopic (exact) mass is 293 g/mol. The summed E-state index contributed by atoms with van der Waals surface area (Å²) in [6, 6.07) is 1.88. The second-order valence-corrected chi connectivity index (χ2v) is 6.05. The third kappa shape index (κ3) is 3.63. The third-order valence-corrected chi connectivity index (χ3v) is 4.16. The van der Waals surface area contributed by atoms with Crippen LogP contribution in [0.5, 0.6) is 0 Å². The molecule has 1 atom stereocenters. The summed E-state index contributed by atoms with van der Waals surface area (Å²) >= 11 is 0. The van der Waals surface area contributed by atoms with Gasteiger partial charge in [0.2, 0.25) is 5.91 Å². The number of ether oxygens (including phenoxy) is 2. The molecule has 1 saturated carbocycles. The van der Waals surface area contributed by atoms with E-state index in [1.54, 1.807) is 0 Å². The molecule has 0 unspecified atom stereocenters. The molecule has 2 N–H and O–H groups in total. The standard InChI is InChI=1S/C15H23N3O3/c1-11-7-12(18-17-11)8-14(19)16-9-13-10-20-15(21-13)5-3-2-4-6-15/h7,13H,2-6,8-10H2,1H3,(H,16,19)(H,17,18)/t13-/m1/s1. The van der Waals surface area contributed by atoms with Crippen LogP contribution < -0.4 is 5.32 Å². The Bertz CT molecular complexity index is 494. The molecular formula is C15H23N3O3. The average molecular weight is 293 g/mol. The minimum atomic E-state index is -0.368. The van der Waals surface area contributed by atoms with E-state index in [1.807, 2.05) is 13.0 Å². The minimum Gasteiger partial charge on any atom is -0.353 e. The van der Waals surface area contributed by atoms with Crippen LogP contribution in [-0.4, -0.2) is 41.1 Å². The number of aromatic nitrogens is 2. The highest BCUT2D eigenvalue weighted by Gasteiger charge is 2.42. The Labute approximate surface area is 124 Å². The van der Waals surface area contributed by atoms with Gasteiger partial charge in [-0.25, -0.2) is 0 Å². The van der Waals surface area contributed by atoms with Crippen molar-refractivity contribution >= 4 is 5.91 Å². The number of nitrogens with zero attached hydrogens (tertiary/aromatic N) is 1. The molecule has 3 rings (SSSR count). The molecule has 1 amide bonds. The third-order valence-electron chi connectivity index (χ3n) is 4.16. The van der Waals surface area contributed by atoms with E-state index in [4.69, 9.17) is 9.47 Å². The maximum absolute atomic E-state index is 11.9. The largest absolute Gasteiger partial charge is 0.353 e. The van der Waals surface area contributed by atoms with Gasteiger partial charge in [-0.15, -0.1) is 0 Å². The highest BCUT2D eigenvalue weighted by Crippen LogP contribution is 2.37. The summed E-state index contributed by atoms with van der Waals surface area (Å²) in [7, 11) is 0. The van der Waals surface area contributed by atoms with E-state index < -0.39 is 0 Å². The lowest BCUT2D eigenvalue weighted by molar-refractivity contribution is -0.186. The van der Waals surface area contributed by atoms with Gasteiger partial charge in [0.05, 0.1) is 18.7 Å². The van der Waals surface area contributed by atoms with Gasteiger partial charge in [0.1, 0.15) is 6.10 Å². The van der Waals surface area contributed by atoms with Gasteiger partial charge in [-0.1, -0.05) is 6.42 Å². The first-order chi connectivity index (χ1) is 10.2. The number of hydrogen-bond acceptors (Lipinski definition) is 4. The zero-order chi connectivity index (χ0) is 14.7. The second kappa shape index (κ2) is 6.15. The molecule has 1 aromatic rings. The fourth-order valence-corrected chi connectivity index (χ4v) is 3.09. The first-order valence-corrected chi connectivity index (χ1v) is 7.75. The van der Waals surface area contributed by atoms with Crippen LogP contribution in [0.15, 0.2) is 6.07 Å². The first kappa shape index (κ1) is 14.5. The molecule has 2 fully saturated rings. The van der Waals surface area contributed by atoms with Crippen LogP contribution in [0.2, 0.25) is 0 Å². The lowest BCUT2D eigenvalue weighted by Crippen LogP contribution is -2.37. The zero-order valence-corrected chi connectivity index (χ0v) is 12.5. The van der Waals surface area contributed by atoms with E-state index in [2.05, 4.69) is 15.5 Å². The number of hydrogen-bond donors (Lipinski definition) is 2. The SMILES string of the molecule is Cc1cc(CC(=O)NC[C@@H]2COC3(CCCCC3)O2)n[nH]1. The Hall–Kier alpha value is -1.40. The molecule has 6 heteroatoms. The maximum Gasteiger partial charge on any atom is 0.226 e. The summed E-state index contributed by atoms with van der Waals surface area (Å²) in [5, 5.41) is 9.80. The number of amides is 1. The molecule has 1 aliphatic heterocycles. The summed E-state index contributed by atoms with van der Waals surface area (Å²) in [5.74, 6) is -0.401. The lowest BCUT2D eigenvalue weighted by Gasteiger charge is -2.31. The number of nitrogens with one attached hydrogen (secondary N) is 2. The van der Waals surface area contributed by atoms with Gasteiger partial charge >= 0.3 is 0 Å². The van der Waals surface area contributed by atoms with Crippen molar-refractivity contribution in [1.82, 2.24) is 15.5 Å². The van der Waals surface area contributed by atoms with Gasteiger partial charge in [-0.2, -0.15) is 5.10 Å². The molecule has 21 heavy (non-hydrogen) atoms. The Kier molecular flexibility index (Phi) is 4.26. The molecular weight excluding hydrogens is 270 g/mol. The van der Waals surface area contributed by atoms with E-state index in [0.29, 0.717) is 19.6 Å². The van der Waals surface area contributed by atoms with E-state index in [1.165, 1.54) is 6.42 Å². The van der Waals surface area contributed by atoms with Crippen LogP contribution in [-0.2, 0) is 20.7 Å². The molecule has 2 heterocycles. The quantitative estimate of drug-likeness (QED) is 0.881. The van der Waals surface area contributed by atoms with Gasteiger partial charge in [-0.05, 0) is 25.8 Å². The molecule has 0 aromatic carbocycles. The van der Waals surface area contributed by atoms with Crippen molar-refractivity contribution in [1.29, 1.82) is 0 Å². The molecule has 6 nitrogen and oxygen atoms in total. The van der Waals surface area contributed by atoms with Crippen LogP contribution >= 0.6 is 0 Å². The van der Waals surface area contributed by atoms with Crippen LogP contribution in [0.1, 0.15) is 43.5 Å². The number of rotatable bonds is 4. The average Bonchev–Trinajstić information content (AvgIpc) is 3.05. The Morgan fingerprint density at radius 1 is 1.48 bits per heavy atom. The lowest BCUT2D eigenvalue weighted by atomic mass is 9.94. The van der Waals surface area contributed by atoms with Crippen LogP contribution in [0, 0.1) is 6.92 Å². The topological polar surface area (TPSA) is 76.2 Å². The molecule has 1 aliphatic carbocycles. The van der Waals surface area contributed by atoms with E-state index in [9.17, 15) is 4.79 Å². The summed E-state index contributed by atoms with van der Waals surface area (Å²) in [5.41, 5.74) is 1.72. The van der Waals surface area contributed by atoms with Crippen molar-refractivity contribution in [3.63, 3.8) is 0 Å². The molecule has 0 bridgehead atoms. The van der Waals surface area contributed by atoms with Crippen LogP contribution in [0.3, 0.4) is 0 Å². The van der Waals surface area contributed by atoms with Crippen molar-refractivity contribution in [3.05, 3.63) is 17.5 Å². The van der Waals surface area contributed by atoms with Crippen molar-refractivity contribution < 1.29 is 14.3 Å². The van der Waals surface area contributed by atoms with E-state index in [0.717, 1.165) is 37.1 Å². The summed E-state index contributed by atoms with van der Waals surface area (Å²) in [4.78, 5) is 11.9. The van der Waals surface area contributed by atoms with E-state index >= 15 is 0 Å². The summed E-state index contributed by atoms with van der Waals surface area (Å²) in [6.45, 7) is 2.99. The number of carbonyl (C=O) groups excluding carboxylic acids is 1. The first-order valence-electron chi connectivity index (χ1n) is 7.75. The van der Waals surface area contributed by atoms with Crippen LogP contribution in [0.4, 0.5) is 0 Å². The molecule has 116 valence electrons. The number of H-pyrrole nitrogens is 1. The summed E-state index contributed by atoms with van der Waals surface area (Å²) in [6.07, 6.45) is 5.80. The van der Waals surface area contributed by atoms with E-state index in [-0.39, 0.29) is 17.8 Å². The molecule has 0 radical (unpaired) electrons. The summed E-state index contributed by atoms with van der Waals surface area (Å²) < 4.78 is 11.9. The molecule has 1 saturated heterocycles. The van der Waals surface area contributed by atoms with Crippen molar-refractivity contribution in [2.24, 2.45) is 0 Å².